The number of thiazole rings is 1. The molecular weight excluding hydrogens is 360 g/mol. The molecule has 0 saturated heterocycles. The van der Waals surface area contributed by atoms with Crippen molar-refractivity contribution in [1.29, 1.82) is 0 Å². The highest BCUT2D eigenvalue weighted by Gasteiger charge is 2.18. The number of carbonyl (C=O) groups excluding carboxylic acids is 1. The molecule has 1 aromatic carbocycles. The number of nitrogens with zero attached hydrogens (tertiary/aromatic N) is 3. The van der Waals surface area contributed by atoms with Crippen molar-refractivity contribution in [1.82, 2.24) is 20.3 Å². The van der Waals surface area contributed by atoms with Crippen molar-refractivity contribution >= 4 is 17.2 Å². The van der Waals surface area contributed by atoms with Crippen molar-refractivity contribution < 1.29 is 9.90 Å². The third-order valence-electron chi connectivity index (χ3n) is 4.40. The van der Waals surface area contributed by atoms with Gasteiger partial charge in [-0.2, -0.15) is 0 Å². The number of aliphatic hydroxyl groups excluding tert-OH is 1. The van der Waals surface area contributed by atoms with Crippen molar-refractivity contribution in [3.63, 3.8) is 0 Å². The van der Waals surface area contributed by atoms with Crippen molar-refractivity contribution in [3.05, 3.63) is 63.4 Å². The van der Waals surface area contributed by atoms with Gasteiger partial charge in [-0.1, -0.05) is 12.1 Å². The Morgan fingerprint density at radius 3 is 2.56 bits per heavy atom. The molecule has 2 aromatic heterocycles. The number of nitrogens with one attached hydrogen (secondary N) is 1. The van der Waals surface area contributed by atoms with Gasteiger partial charge in [-0.3, -0.25) is 4.79 Å². The summed E-state index contributed by atoms with van der Waals surface area (Å²) in [6.45, 7) is 6.04. The molecule has 0 aliphatic rings. The zero-order valence-electron chi connectivity index (χ0n) is 15.6. The second-order valence-corrected chi connectivity index (χ2v) is 7.39. The van der Waals surface area contributed by atoms with Gasteiger partial charge in [0.15, 0.2) is 5.82 Å². The van der Waals surface area contributed by atoms with Gasteiger partial charge in [-0.15, -0.1) is 11.3 Å². The molecule has 0 spiro atoms. The summed E-state index contributed by atoms with van der Waals surface area (Å²) in [4.78, 5) is 26.6. The fourth-order valence-corrected chi connectivity index (χ4v) is 3.70. The number of aryl methyl sites for hydroxylation is 3. The van der Waals surface area contributed by atoms with E-state index in [9.17, 15) is 9.90 Å². The molecule has 0 aliphatic carbocycles. The van der Waals surface area contributed by atoms with Gasteiger partial charge >= 0.3 is 0 Å². The van der Waals surface area contributed by atoms with E-state index in [1.807, 2.05) is 32.9 Å². The number of hydrogen-bond donors (Lipinski definition) is 2. The Morgan fingerprint density at radius 1 is 1.19 bits per heavy atom. The van der Waals surface area contributed by atoms with Gasteiger partial charge < -0.3 is 10.4 Å². The van der Waals surface area contributed by atoms with E-state index in [0.29, 0.717) is 17.9 Å². The largest absolute Gasteiger partial charge is 0.396 e. The molecule has 140 valence electrons. The van der Waals surface area contributed by atoms with Crippen LogP contribution in [0.25, 0.3) is 11.4 Å². The SMILES string of the molecule is Cc1cnc(-c2ccc(C)c(C(=O)NCC(CO)c3scnc3C)c2)nc1. The third-order valence-corrected chi connectivity index (χ3v) is 5.50. The lowest BCUT2D eigenvalue weighted by Crippen LogP contribution is -2.30. The smallest absolute Gasteiger partial charge is 0.251 e. The molecule has 7 heteroatoms. The summed E-state index contributed by atoms with van der Waals surface area (Å²) in [5.74, 6) is 0.246. The van der Waals surface area contributed by atoms with Crippen LogP contribution in [-0.4, -0.2) is 39.1 Å². The van der Waals surface area contributed by atoms with Crippen LogP contribution >= 0.6 is 11.3 Å². The van der Waals surface area contributed by atoms with Gasteiger partial charge in [0.1, 0.15) is 0 Å². The Morgan fingerprint density at radius 2 is 1.93 bits per heavy atom. The molecule has 3 rings (SSSR count). The highest BCUT2D eigenvalue weighted by Crippen LogP contribution is 2.23. The average Bonchev–Trinajstić information content (AvgIpc) is 3.09. The average molecular weight is 382 g/mol. The number of aliphatic hydroxyl groups is 1. The summed E-state index contributed by atoms with van der Waals surface area (Å²) in [7, 11) is 0. The maximum Gasteiger partial charge on any atom is 0.251 e. The lowest BCUT2D eigenvalue weighted by atomic mass is 10.0. The first-order chi connectivity index (χ1) is 13.0. The minimum Gasteiger partial charge on any atom is -0.396 e. The molecule has 1 atom stereocenters. The number of benzene rings is 1. The Balaban J connectivity index is 1.77. The maximum absolute atomic E-state index is 12.7. The normalized spacial score (nSPS) is 12.0. The predicted octanol–water partition coefficient (Wildman–Crippen LogP) is 3.03. The number of aromatic nitrogens is 3. The van der Waals surface area contributed by atoms with Crippen LogP contribution in [0.1, 0.15) is 38.0 Å². The molecular formula is C20H22N4O2S. The summed E-state index contributed by atoms with van der Waals surface area (Å²) < 4.78 is 0. The van der Waals surface area contributed by atoms with E-state index in [2.05, 4.69) is 20.3 Å². The monoisotopic (exact) mass is 382 g/mol. The molecule has 3 aromatic rings. The summed E-state index contributed by atoms with van der Waals surface area (Å²) in [5.41, 5.74) is 5.87. The summed E-state index contributed by atoms with van der Waals surface area (Å²) in [6, 6.07) is 5.61. The quantitative estimate of drug-likeness (QED) is 0.684. The first-order valence-electron chi connectivity index (χ1n) is 8.68. The van der Waals surface area contributed by atoms with Gasteiger partial charge in [0.05, 0.1) is 17.8 Å². The first-order valence-corrected chi connectivity index (χ1v) is 9.56. The molecule has 0 radical (unpaired) electrons. The van der Waals surface area contributed by atoms with Crippen molar-refractivity contribution in [3.8, 4) is 11.4 Å². The van der Waals surface area contributed by atoms with E-state index in [1.54, 1.807) is 24.0 Å². The van der Waals surface area contributed by atoms with E-state index >= 15 is 0 Å². The molecule has 0 fully saturated rings. The molecule has 0 saturated carbocycles. The van der Waals surface area contributed by atoms with Crippen LogP contribution in [0, 0.1) is 20.8 Å². The van der Waals surface area contributed by atoms with E-state index < -0.39 is 0 Å². The van der Waals surface area contributed by atoms with E-state index in [0.717, 1.165) is 27.3 Å². The minimum absolute atomic E-state index is 0.0421. The Hall–Kier alpha value is -2.64. The molecule has 2 N–H and O–H groups in total. The van der Waals surface area contributed by atoms with E-state index in [-0.39, 0.29) is 18.4 Å². The van der Waals surface area contributed by atoms with Crippen molar-refractivity contribution in [2.75, 3.05) is 13.2 Å². The topological polar surface area (TPSA) is 88.0 Å². The molecule has 2 heterocycles. The number of carbonyl (C=O) groups is 1. The zero-order chi connectivity index (χ0) is 19.4. The third kappa shape index (κ3) is 4.37. The summed E-state index contributed by atoms with van der Waals surface area (Å²) in [5, 5.41) is 12.6. The van der Waals surface area contributed by atoms with Crippen LogP contribution in [-0.2, 0) is 0 Å². The standard InChI is InChI=1S/C20H22N4O2S/c1-12-7-21-19(22-8-12)15-5-4-13(2)17(6-15)20(26)23-9-16(10-25)18-14(3)24-11-27-18/h4-8,11,16,25H,9-10H2,1-3H3,(H,23,26). The first kappa shape index (κ1) is 19.1. The molecule has 1 amide bonds. The van der Waals surface area contributed by atoms with Gasteiger partial charge in [0, 0.05) is 40.9 Å². The van der Waals surface area contributed by atoms with Gasteiger partial charge in [0.2, 0.25) is 0 Å². The Labute approximate surface area is 162 Å². The molecule has 6 nitrogen and oxygen atoms in total. The number of amides is 1. The van der Waals surface area contributed by atoms with Crippen molar-refractivity contribution in [2.24, 2.45) is 0 Å². The van der Waals surface area contributed by atoms with Crippen LogP contribution in [0.2, 0.25) is 0 Å². The minimum atomic E-state index is -0.179. The maximum atomic E-state index is 12.7. The summed E-state index contributed by atoms with van der Waals surface area (Å²) >= 11 is 1.49. The van der Waals surface area contributed by atoms with Crippen LogP contribution in [0.4, 0.5) is 0 Å². The van der Waals surface area contributed by atoms with Gasteiger partial charge in [0.25, 0.3) is 5.91 Å². The lowest BCUT2D eigenvalue weighted by Gasteiger charge is -2.15. The predicted molar refractivity (Wildman–Crippen MR) is 106 cm³/mol. The lowest BCUT2D eigenvalue weighted by molar-refractivity contribution is 0.0947. The second-order valence-electron chi connectivity index (χ2n) is 6.51. The van der Waals surface area contributed by atoms with E-state index in [4.69, 9.17) is 0 Å². The fraction of sp³-hybridized carbons (Fsp3) is 0.300. The fourth-order valence-electron chi connectivity index (χ4n) is 2.80. The molecule has 27 heavy (non-hydrogen) atoms. The van der Waals surface area contributed by atoms with Gasteiger partial charge in [-0.25, -0.2) is 15.0 Å². The zero-order valence-corrected chi connectivity index (χ0v) is 16.4. The highest BCUT2D eigenvalue weighted by molar-refractivity contribution is 7.09. The molecule has 1 unspecified atom stereocenters. The van der Waals surface area contributed by atoms with Crippen LogP contribution in [0.3, 0.4) is 0 Å². The molecule has 0 bridgehead atoms. The van der Waals surface area contributed by atoms with Crippen molar-refractivity contribution in [2.45, 2.75) is 26.7 Å². The Bertz CT molecular complexity index is 937. The number of hydrogen-bond acceptors (Lipinski definition) is 6. The van der Waals surface area contributed by atoms with Crippen LogP contribution < -0.4 is 5.32 Å². The number of rotatable bonds is 6. The van der Waals surface area contributed by atoms with E-state index in [1.165, 1.54) is 11.3 Å². The highest BCUT2D eigenvalue weighted by atomic mass is 32.1. The Kier molecular flexibility index (Phi) is 5.93. The second kappa shape index (κ2) is 8.37. The van der Waals surface area contributed by atoms with Crippen LogP contribution in [0.15, 0.2) is 36.1 Å². The van der Waals surface area contributed by atoms with Crippen LogP contribution in [0.5, 0.6) is 0 Å². The van der Waals surface area contributed by atoms with Gasteiger partial charge in [-0.05, 0) is 38.0 Å². The molecule has 0 aliphatic heterocycles. The summed E-state index contributed by atoms with van der Waals surface area (Å²) in [6.07, 6.45) is 3.51.